The van der Waals surface area contributed by atoms with Gasteiger partial charge in [0, 0.05) is 4.47 Å². The molecule has 1 N–H and O–H groups in total. The van der Waals surface area contributed by atoms with Crippen LogP contribution in [0.5, 0.6) is 0 Å². The monoisotopic (exact) mass is 339 g/mol. The van der Waals surface area contributed by atoms with Crippen LogP contribution in [0, 0.1) is 6.92 Å². The summed E-state index contributed by atoms with van der Waals surface area (Å²) in [7, 11) is 0. The number of nitrogens with one attached hydrogen (secondary N) is 1. The van der Waals surface area contributed by atoms with E-state index in [-0.39, 0.29) is 5.91 Å². The number of benzene rings is 1. The van der Waals surface area contributed by atoms with Gasteiger partial charge in [-0.15, -0.1) is 11.8 Å². The molecule has 0 fully saturated rings. The Balaban J connectivity index is 1.80. The lowest BCUT2D eigenvalue weighted by Crippen LogP contribution is -2.14. The number of carbonyl (C=O) groups excluding carboxylic acids is 1. The van der Waals surface area contributed by atoms with Gasteiger partial charge in [-0.3, -0.25) is 4.79 Å². The summed E-state index contributed by atoms with van der Waals surface area (Å²) < 4.78 is 6.11. The first-order chi connectivity index (χ1) is 9.15. The van der Waals surface area contributed by atoms with Gasteiger partial charge in [0.25, 0.3) is 0 Å². The van der Waals surface area contributed by atoms with Crippen LogP contribution in [-0.2, 0) is 10.5 Å². The molecule has 1 aromatic carbocycles. The molecule has 2 rings (SSSR count). The van der Waals surface area contributed by atoms with Gasteiger partial charge in [-0.25, -0.2) is 0 Å². The molecule has 0 aliphatic rings. The molecule has 0 radical (unpaired) electrons. The molecule has 0 aliphatic heterocycles. The van der Waals surface area contributed by atoms with Crippen molar-refractivity contribution in [3.63, 3.8) is 0 Å². The minimum absolute atomic E-state index is 0.0129. The van der Waals surface area contributed by atoms with E-state index in [1.807, 2.05) is 37.3 Å². The van der Waals surface area contributed by atoms with Gasteiger partial charge in [0.15, 0.2) is 0 Å². The number of anilines is 1. The Morgan fingerprint density at radius 2 is 2.26 bits per heavy atom. The van der Waals surface area contributed by atoms with E-state index < -0.39 is 0 Å². The quantitative estimate of drug-likeness (QED) is 0.886. The van der Waals surface area contributed by atoms with Crippen LogP contribution in [-0.4, -0.2) is 11.7 Å². The lowest BCUT2D eigenvalue weighted by molar-refractivity contribution is -0.113. The molecule has 0 bridgehead atoms. The van der Waals surface area contributed by atoms with Gasteiger partial charge >= 0.3 is 0 Å². The van der Waals surface area contributed by atoms with Crippen molar-refractivity contribution in [3.8, 4) is 0 Å². The number of carbonyl (C=O) groups is 1. The molecule has 1 amide bonds. The van der Waals surface area contributed by atoms with Gasteiger partial charge in [0.1, 0.15) is 5.76 Å². The molecule has 19 heavy (non-hydrogen) atoms. The molecule has 0 spiro atoms. The van der Waals surface area contributed by atoms with Crippen molar-refractivity contribution in [2.24, 2.45) is 0 Å². The molecule has 3 nitrogen and oxygen atoms in total. The highest BCUT2D eigenvalue weighted by molar-refractivity contribution is 9.10. The van der Waals surface area contributed by atoms with E-state index in [2.05, 4.69) is 21.2 Å². The summed E-state index contributed by atoms with van der Waals surface area (Å²) >= 11 is 4.96. The van der Waals surface area contributed by atoms with Crippen molar-refractivity contribution < 1.29 is 9.21 Å². The summed E-state index contributed by atoms with van der Waals surface area (Å²) in [6.07, 6.45) is 1.64. The number of furan rings is 1. The van der Waals surface area contributed by atoms with Crippen LogP contribution < -0.4 is 5.32 Å². The number of hydrogen-bond donors (Lipinski definition) is 1. The lowest BCUT2D eigenvalue weighted by Gasteiger charge is -2.07. The predicted molar refractivity (Wildman–Crippen MR) is 82.4 cm³/mol. The Morgan fingerprint density at radius 1 is 1.42 bits per heavy atom. The number of rotatable bonds is 5. The fourth-order valence-corrected chi connectivity index (χ4v) is 2.86. The zero-order valence-electron chi connectivity index (χ0n) is 10.5. The highest BCUT2D eigenvalue weighted by Crippen LogP contribution is 2.23. The van der Waals surface area contributed by atoms with Gasteiger partial charge in [-0.2, -0.15) is 0 Å². The largest absolute Gasteiger partial charge is 0.468 e. The standard InChI is InChI=1S/C14H14BrNO2S/c1-10-4-5-13(12(15)7-10)16-14(17)9-19-8-11-3-2-6-18-11/h2-7H,8-9H2,1H3,(H,16,17). The van der Waals surface area contributed by atoms with Crippen molar-refractivity contribution >= 4 is 39.3 Å². The molecule has 0 aliphatic carbocycles. The van der Waals surface area contributed by atoms with Crippen LogP contribution in [0.2, 0.25) is 0 Å². The summed E-state index contributed by atoms with van der Waals surface area (Å²) in [5.74, 6) is 1.98. The first kappa shape index (κ1) is 14.2. The van der Waals surface area contributed by atoms with Gasteiger partial charge in [0.05, 0.1) is 23.5 Å². The second kappa shape index (κ2) is 6.82. The average Bonchev–Trinajstić information content (AvgIpc) is 2.86. The summed E-state index contributed by atoms with van der Waals surface area (Å²) in [4.78, 5) is 11.8. The average molecular weight is 340 g/mol. The highest BCUT2D eigenvalue weighted by Gasteiger charge is 2.06. The minimum atomic E-state index is -0.0129. The Morgan fingerprint density at radius 3 is 2.95 bits per heavy atom. The van der Waals surface area contributed by atoms with Crippen LogP contribution in [0.4, 0.5) is 5.69 Å². The third-order valence-corrected chi connectivity index (χ3v) is 4.07. The Hall–Kier alpha value is -1.20. The molecule has 0 saturated carbocycles. The maximum Gasteiger partial charge on any atom is 0.234 e. The van der Waals surface area contributed by atoms with E-state index in [0.717, 1.165) is 21.5 Å². The predicted octanol–water partition coefficient (Wildman–Crippen LogP) is 4.22. The van der Waals surface area contributed by atoms with Crippen LogP contribution in [0.1, 0.15) is 11.3 Å². The van der Waals surface area contributed by atoms with E-state index >= 15 is 0 Å². The Bertz CT molecular complexity index is 555. The highest BCUT2D eigenvalue weighted by atomic mass is 79.9. The number of halogens is 1. The van der Waals surface area contributed by atoms with Crippen LogP contribution in [0.3, 0.4) is 0 Å². The van der Waals surface area contributed by atoms with Crippen molar-refractivity contribution in [2.75, 3.05) is 11.1 Å². The zero-order chi connectivity index (χ0) is 13.7. The molecule has 5 heteroatoms. The molecule has 100 valence electrons. The fourth-order valence-electron chi connectivity index (χ4n) is 1.55. The zero-order valence-corrected chi connectivity index (χ0v) is 12.9. The van der Waals surface area contributed by atoms with E-state index in [9.17, 15) is 4.79 Å². The number of amides is 1. The summed E-state index contributed by atoms with van der Waals surface area (Å²) in [5, 5.41) is 2.88. The van der Waals surface area contributed by atoms with Crippen molar-refractivity contribution in [1.82, 2.24) is 0 Å². The Kier molecular flexibility index (Phi) is 5.10. The van der Waals surface area contributed by atoms with Crippen molar-refractivity contribution in [3.05, 3.63) is 52.4 Å². The van der Waals surface area contributed by atoms with E-state index in [4.69, 9.17) is 4.42 Å². The van der Waals surface area contributed by atoms with Crippen molar-refractivity contribution in [1.29, 1.82) is 0 Å². The summed E-state index contributed by atoms with van der Waals surface area (Å²) in [6.45, 7) is 2.01. The molecule has 0 atom stereocenters. The molecule has 1 aromatic heterocycles. The molecular weight excluding hydrogens is 326 g/mol. The molecule has 2 aromatic rings. The molecular formula is C14H14BrNO2S. The van der Waals surface area contributed by atoms with Crippen molar-refractivity contribution in [2.45, 2.75) is 12.7 Å². The van der Waals surface area contributed by atoms with Crippen LogP contribution in [0.15, 0.2) is 45.5 Å². The number of thioether (sulfide) groups is 1. The maximum atomic E-state index is 11.8. The minimum Gasteiger partial charge on any atom is -0.468 e. The van der Waals surface area contributed by atoms with E-state index in [0.29, 0.717) is 11.5 Å². The third kappa shape index (κ3) is 4.44. The first-order valence-corrected chi connectivity index (χ1v) is 7.76. The first-order valence-electron chi connectivity index (χ1n) is 5.81. The van der Waals surface area contributed by atoms with Crippen LogP contribution >= 0.6 is 27.7 Å². The fraction of sp³-hybridized carbons (Fsp3) is 0.214. The number of aryl methyl sites for hydroxylation is 1. The van der Waals surface area contributed by atoms with Gasteiger partial charge in [0.2, 0.25) is 5.91 Å². The summed E-state index contributed by atoms with van der Waals surface area (Å²) in [5.41, 5.74) is 1.95. The van der Waals surface area contributed by atoms with Gasteiger partial charge in [-0.1, -0.05) is 6.07 Å². The number of hydrogen-bond acceptors (Lipinski definition) is 3. The van der Waals surface area contributed by atoms with Crippen LogP contribution in [0.25, 0.3) is 0 Å². The third-order valence-electron chi connectivity index (χ3n) is 2.46. The smallest absolute Gasteiger partial charge is 0.234 e. The normalized spacial score (nSPS) is 10.4. The SMILES string of the molecule is Cc1ccc(NC(=O)CSCc2ccco2)c(Br)c1. The van der Waals surface area contributed by atoms with Gasteiger partial charge < -0.3 is 9.73 Å². The van der Waals surface area contributed by atoms with Gasteiger partial charge in [-0.05, 0) is 52.7 Å². The molecule has 1 heterocycles. The summed E-state index contributed by atoms with van der Waals surface area (Å²) in [6, 6.07) is 9.59. The second-order valence-corrected chi connectivity index (χ2v) is 5.94. The molecule has 0 unspecified atom stereocenters. The second-order valence-electron chi connectivity index (χ2n) is 4.10. The van der Waals surface area contributed by atoms with E-state index in [1.54, 1.807) is 6.26 Å². The Labute approximate surface area is 124 Å². The topological polar surface area (TPSA) is 42.2 Å². The maximum absolute atomic E-state index is 11.8. The molecule has 0 saturated heterocycles. The van der Waals surface area contributed by atoms with E-state index in [1.165, 1.54) is 11.8 Å². The lowest BCUT2D eigenvalue weighted by atomic mass is 10.2.